The third kappa shape index (κ3) is 5.12. The zero-order valence-corrected chi connectivity index (χ0v) is 19.9. The van der Waals surface area contributed by atoms with Gasteiger partial charge in [-0.05, 0) is 48.7 Å². The number of carbonyl (C=O) groups is 2. The molecule has 3 aromatic carbocycles. The number of fused-ring (bicyclic) bond motifs is 1. The van der Waals surface area contributed by atoms with E-state index in [9.17, 15) is 14.0 Å². The Kier molecular flexibility index (Phi) is 7.02. The molecule has 4 aromatic rings. The summed E-state index contributed by atoms with van der Waals surface area (Å²) in [6.07, 6.45) is 5.10. The maximum absolute atomic E-state index is 14.4. The van der Waals surface area contributed by atoms with Crippen molar-refractivity contribution in [2.75, 3.05) is 4.90 Å². The quantitative estimate of drug-likeness (QED) is 0.408. The molecule has 36 heavy (non-hydrogen) atoms. The molecule has 0 spiro atoms. The van der Waals surface area contributed by atoms with Gasteiger partial charge < -0.3 is 5.32 Å². The van der Waals surface area contributed by atoms with Crippen LogP contribution in [0.25, 0.3) is 11.0 Å². The van der Waals surface area contributed by atoms with Crippen LogP contribution < -0.4 is 10.2 Å². The van der Waals surface area contributed by atoms with Crippen molar-refractivity contribution in [1.82, 2.24) is 20.3 Å². The molecule has 1 fully saturated rings. The van der Waals surface area contributed by atoms with Gasteiger partial charge in [-0.3, -0.25) is 14.5 Å². The molecule has 5 rings (SSSR count). The summed E-state index contributed by atoms with van der Waals surface area (Å²) in [4.78, 5) is 29.1. The fourth-order valence-corrected chi connectivity index (χ4v) is 4.88. The minimum absolute atomic E-state index is 0.0567. The Morgan fingerprint density at radius 2 is 1.72 bits per heavy atom. The topological polar surface area (TPSA) is 80.1 Å². The molecule has 1 aromatic heterocycles. The third-order valence-electron chi connectivity index (χ3n) is 6.63. The van der Waals surface area contributed by atoms with Crippen LogP contribution in [0.2, 0.25) is 0 Å². The number of nitrogens with one attached hydrogen (secondary N) is 1. The van der Waals surface area contributed by atoms with Crippen LogP contribution in [-0.2, 0) is 16.1 Å². The second-order valence-corrected chi connectivity index (χ2v) is 9.14. The lowest BCUT2D eigenvalue weighted by molar-refractivity contribution is -0.127. The Hall–Kier alpha value is -4.07. The van der Waals surface area contributed by atoms with E-state index in [2.05, 4.69) is 15.6 Å². The summed E-state index contributed by atoms with van der Waals surface area (Å²) in [5.74, 6) is -1.17. The van der Waals surface area contributed by atoms with Crippen molar-refractivity contribution < 1.29 is 14.0 Å². The Morgan fingerprint density at radius 3 is 2.50 bits per heavy atom. The molecule has 0 aliphatic heterocycles. The average Bonchev–Trinajstić information content (AvgIpc) is 3.30. The van der Waals surface area contributed by atoms with Gasteiger partial charge in [-0.25, -0.2) is 9.07 Å². The number of nitrogens with zero attached hydrogens (tertiary/aromatic N) is 4. The first-order valence-electron chi connectivity index (χ1n) is 12.3. The summed E-state index contributed by atoms with van der Waals surface area (Å²) < 4.78 is 15.9. The normalized spacial score (nSPS) is 14.9. The highest BCUT2D eigenvalue weighted by atomic mass is 19.1. The van der Waals surface area contributed by atoms with E-state index in [1.165, 1.54) is 27.8 Å². The van der Waals surface area contributed by atoms with E-state index in [4.69, 9.17) is 0 Å². The lowest BCUT2D eigenvalue weighted by atomic mass is 9.94. The second-order valence-electron chi connectivity index (χ2n) is 9.14. The first-order chi connectivity index (χ1) is 17.6. The number of carbonyl (C=O) groups excluding carboxylic acids is 2. The molecular formula is C28H28FN5O2. The molecule has 0 radical (unpaired) electrons. The molecule has 0 saturated heterocycles. The van der Waals surface area contributed by atoms with Crippen molar-refractivity contribution in [3.8, 4) is 0 Å². The number of benzene rings is 3. The molecule has 0 unspecified atom stereocenters. The first kappa shape index (κ1) is 23.7. The smallest absolute Gasteiger partial charge is 0.249 e. The van der Waals surface area contributed by atoms with Gasteiger partial charge in [0.2, 0.25) is 11.8 Å². The van der Waals surface area contributed by atoms with Crippen LogP contribution in [0.3, 0.4) is 0 Å². The van der Waals surface area contributed by atoms with Crippen molar-refractivity contribution in [2.45, 2.75) is 50.7 Å². The molecule has 0 bridgehead atoms. The van der Waals surface area contributed by atoms with Crippen LogP contribution >= 0.6 is 0 Å². The minimum atomic E-state index is -0.975. The maximum atomic E-state index is 14.4. The van der Waals surface area contributed by atoms with Gasteiger partial charge in [-0.15, -0.1) is 5.10 Å². The molecule has 1 saturated carbocycles. The molecule has 7 nitrogen and oxygen atoms in total. The van der Waals surface area contributed by atoms with Crippen molar-refractivity contribution in [1.29, 1.82) is 0 Å². The van der Waals surface area contributed by atoms with Crippen LogP contribution in [0, 0.1) is 5.82 Å². The highest BCUT2D eigenvalue weighted by Crippen LogP contribution is 2.30. The Bertz CT molecular complexity index is 1350. The molecule has 1 N–H and O–H groups in total. The molecule has 1 heterocycles. The molecule has 184 valence electrons. The van der Waals surface area contributed by atoms with E-state index in [1.807, 2.05) is 54.6 Å². The van der Waals surface area contributed by atoms with Gasteiger partial charge >= 0.3 is 0 Å². The number of para-hydroxylation sites is 1. The highest BCUT2D eigenvalue weighted by Gasteiger charge is 2.34. The molecular weight excluding hydrogens is 457 g/mol. The van der Waals surface area contributed by atoms with E-state index < -0.39 is 17.8 Å². The van der Waals surface area contributed by atoms with Crippen LogP contribution in [-0.4, -0.2) is 32.9 Å². The number of hydrogen-bond donors (Lipinski definition) is 1. The van der Waals surface area contributed by atoms with Crippen molar-refractivity contribution in [3.05, 3.63) is 90.2 Å². The van der Waals surface area contributed by atoms with Crippen molar-refractivity contribution in [3.63, 3.8) is 0 Å². The second kappa shape index (κ2) is 10.7. The predicted octanol–water partition coefficient (Wildman–Crippen LogP) is 4.79. The van der Waals surface area contributed by atoms with Crippen LogP contribution in [0.5, 0.6) is 0 Å². The average molecular weight is 486 g/mol. The number of aromatic nitrogens is 3. The van der Waals surface area contributed by atoms with Crippen LogP contribution in [0.15, 0.2) is 78.9 Å². The van der Waals surface area contributed by atoms with Gasteiger partial charge in [0.1, 0.15) is 23.9 Å². The lowest BCUT2D eigenvalue weighted by Crippen LogP contribution is -2.48. The zero-order chi connectivity index (χ0) is 24.9. The summed E-state index contributed by atoms with van der Waals surface area (Å²) in [5.41, 5.74) is 2.31. The molecule has 1 atom stereocenters. The van der Waals surface area contributed by atoms with Gasteiger partial charge in [0.15, 0.2) is 0 Å². The fraction of sp³-hybridized carbons (Fsp3) is 0.286. The van der Waals surface area contributed by atoms with Gasteiger partial charge in [0.25, 0.3) is 0 Å². The molecule has 2 amide bonds. The number of rotatable bonds is 7. The summed E-state index contributed by atoms with van der Waals surface area (Å²) in [5, 5.41) is 11.4. The summed E-state index contributed by atoms with van der Waals surface area (Å²) in [6, 6.07) is 21.4. The van der Waals surface area contributed by atoms with E-state index in [0.29, 0.717) is 22.3 Å². The van der Waals surface area contributed by atoms with E-state index >= 15 is 0 Å². The van der Waals surface area contributed by atoms with Gasteiger partial charge in [0.05, 0.1) is 5.52 Å². The number of amides is 2. The van der Waals surface area contributed by atoms with Gasteiger partial charge in [-0.1, -0.05) is 73.0 Å². The van der Waals surface area contributed by atoms with E-state index in [-0.39, 0.29) is 18.5 Å². The van der Waals surface area contributed by atoms with E-state index in [0.717, 1.165) is 32.1 Å². The zero-order valence-electron chi connectivity index (χ0n) is 19.9. The SMILES string of the molecule is O=C(NC1CCCCC1)[C@@H](c1ccccc1)N(C(=O)Cn1nnc2ccccc21)c1cccc(F)c1. The Balaban J connectivity index is 1.54. The Labute approximate surface area is 208 Å². The summed E-state index contributed by atoms with van der Waals surface area (Å²) >= 11 is 0. The monoisotopic (exact) mass is 485 g/mol. The molecule has 1 aliphatic rings. The molecule has 8 heteroatoms. The predicted molar refractivity (Wildman–Crippen MR) is 136 cm³/mol. The number of halogens is 1. The summed E-state index contributed by atoms with van der Waals surface area (Å²) in [7, 11) is 0. The first-order valence-corrected chi connectivity index (χ1v) is 12.3. The van der Waals surface area contributed by atoms with Crippen LogP contribution in [0.1, 0.15) is 43.7 Å². The van der Waals surface area contributed by atoms with Crippen molar-refractivity contribution in [2.24, 2.45) is 0 Å². The number of hydrogen-bond acceptors (Lipinski definition) is 4. The standard InChI is InChI=1S/C28H28FN5O2/c29-21-12-9-15-23(18-21)34(26(35)19-33-25-17-8-7-16-24(25)31-32-33)27(20-10-3-1-4-11-20)28(36)30-22-13-5-2-6-14-22/h1,3-4,7-12,15-18,22,27H,2,5-6,13-14,19H2,(H,30,36)/t27-/m1/s1. The number of anilines is 1. The van der Waals surface area contributed by atoms with Crippen molar-refractivity contribution >= 4 is 28.5 Å². The lowest BCUT2D eigenvalue weighted by Gasteiger charge is -2.33. The fourth-order valence-electron chi connectivity index (χ4n) is 4.88. The van der Waals surface area contributed by atoms with Crippen LogP contribution in [0.4, 0.5) is 10.1 Å². The minimum Gasteiger partial charge on any atom is -0.351 e. The van der Waals surface area contributed by atoms with Gasteiger partial charge in [-0.2, -0.15) is 0 Å². The highest BCUT2D eigenvalue weighted by molar-refractivity contribution is 6.01. The third-order valence-corrected chi connectivity index (χ3v) is 6.63. The molecule has 1 aliphatic carbocycles. The summed E-state index contributed by atoms with van der Waals surface area (Å²) in [6.45, 7) is -0.156. The Morgan fingerprint density at radius 1 is 0.972 bits per heavy atom. The maximum Gasteiger partial charge on any atom is 0.249 e. The van der Waals surface area contributed by atoms with Gasteiger partial charge in [0, 0.05) is 11.7 Å². The van der Waals surface area contributed by atoms with E-state index in [1.54, 1.807) is 6.07 Å². The largest absolute Gasteiger partial charge is 0.351 e.